The lowest BCUT2D eigenvalue weighted by atomic mass is 10.0. The van der Waals surface area contributed by atoms with Crippen molar-refractivity contribution in [2.45, 2.75) is 36.5 Å². The van der Waals surface area contributed by atoms with Crippen molar-refractivity contribution in [3.8, 4) is 0 Å². The van der Waals surface area contributed by atoms with E-state index in [-0.39, 0.29) is 5.69 Å². The molecule has 156 valence electrons. The Balaban J connectivity index is 1.68. The Morgan fingerprint density at radius 3 is 2.50 bits per heavy atom. The molecular weight excluding hydrogens is 415 g/mol. The zero-order valence-corrected chi connectivity index (χ0v) is 16.9. The van der Waals surface area contributed by atoms with E-state index in [0.717, 1.165) is 29.0 Å². The van der Waals surface area contributed by atoms with Crippen molar-refractivity contribution in [1.82, 2.24) is 14.9 Å². The number of halogens is 3. The number of hydrogen-bond donors (Lipinski definition) is 2. The van der Waals surface area contributed by atoms with Crippen LogP contribution in [0.4, 0.5) is 18.9 Å². The quantitative estimate of drug-likeness (QED) is 0.644. The van der Waals surface area contributed by atoms with Crippen LogP contribution in [0, 0.1) is 13.8 Å². The van der Waals surface area contributed by atoms with Gasteiger partial charge in [-0.05, 0) is 31.5 Å². The van der Waals surface area contributed by atoms with Gasteiger partial charge in [0.15, 0.2) is 0 Å². The number of amides is 1. The molecule has 0 aliphatic carbocycles. The van der Waals surface area contributed by atoms with Crippen LogP contribution in [0.5, 0.6) is 0 Å². The van der Waals surface area contributed by atoms with Gasteiger partial charge in [-0.15, -0.1) is 10.2 Å². The molecule has 0 saturated carbocycles. The van der Waals surface area contributed by atoms with E-state index < -0.39 is 28.9 Å². The SMILES string of the molecule is Cc1ccc([C@H]2Nn3c(C)nnc3S[C@@H]2C(=O)Nc2ccccc2C(F)(F)F)cc1. The van der Waals surface area contributed by atoms with E-state index in [0.29, 0.717) is 11.0 Å². The van der Waals surface area contributed by atoms with Crippen LogP contribution >= 0.6 is 11.8 Å². The third-order valence-electron chi connectivity index (χ3n) is 4.78. The second kappa shape index (κ2) is 7.67. The molecule has 0 bridgehead atoms. The van der Waals surface area contributed by atoms with Crippen LogP contribution in [-0.2, 0) is 11.0 Å². The largest absolute Gasteiger partial charge is 0.418 e. The van der Waals surface area contributed by atoms with E-state index >= 15 is 0 Å². The predicted octanol–water partition coefficient (Wildman–Crippen LogP) is 4.31. The third-order valence-corrected chi connectivity index (χ3v) is 6.00. The Labute approximate surface area is 174 Å². The second-order valence-electron chi connectivity index (χ2n) is 6.95. The Kier molecular flexibility index (Phi) is 5.19. The van der Waals surface area contributed by atoms with Crippen molar-refractivity contribution in [2.75, 3.05) is 10.7 Å². The van der Waals surface area contributed by atoms with Crippen LogP contribution in [0.2, 0.25) is 0 Å². The van der Waals surface area contributed by atoms with E-state index in [1.54, 1.807) is 11.6 Å². The first-order valence-corrected chi connectivity index (χ1v) is 10.0. The number of para-hydroxylation sites is 1. The van der Waals surface area contributed by atoms with E-state index in [1.807, 2.05) is 31.2 Å². The van der Waals surface area contributed by atoms with Gasteiger partial charge in [0.2, 0.25) is 11.1 Å². The number of thioether (sulfide) groups is 1. The summed E-state index contributed by atoms with van der Waals surface area (Å²) >= 11 is 1.16. The molecule has 0 radical (unpaired) electrons. The normalized spacial score (nSPS) is 18.4. The van der Waals surface area contributed by atoms with E-state index in [9.17, 15) is 18.0 Å². The van der Waals surface area contributed by atoms with Crippen molar-refractivity contribution >= 4 is 23.4 Å². The molecule has 0 spiro atoms. The number of hydrogen-bond acceptors (Lipinski definition) is 5. The summed E-state index contributed by atoms with van der Waals surface area (Å²) in [7, 11) is 0. The number of carbonyl (C=O) groups excluding carboxylic acids is 1. The molecular formula is C20H18F3N5OS. The summed E-state index contributed by atoms with van der Waals surface area (Å²) in [5.41, 5.74) is 3.95. The van der Waals surface area contributed by atoms with Gasteiger partial charge in [0, 0.05) is 0 Å². The average Bonchev–Trinajstić information content (AvgIpc) is 3.07. The van der Waals surface area contributed by atoms with Gasteiger partial charge in [-0.25, -0.2) is 4.68 Å². The van der Waals surface area contributed by atoms with Crippen LogP contribution < -0.4 is 10.7 Å². The number of rotatable bonds is 3. The number of anilines is 1. The molecule has 2 atom stereocenters. The van der Waals surface area contributed by atoms with Gasteiger partial charge in [0.05, 0.1) is 17.3 Å². The maximum Gasteiger partial charge on any atom is 0.418 e. The van der Waals surface area contributed by atoms with Crippen molar-refractivity contribution in [2.24, 2.45) is 0 Å². The highest BCUT2D eigenvalue weighted by Crippen LogP contribution is 2.39. The van der Waals surface area contributed by atoms with Crippen LogP contribution in [0.15, 0.2) is 53.7 Å². The fraction of sp³-hybridized carbons (Fsp3) is 0.250. The van der Waals surface area contributed by atoms with Gasteiger partial charge in [0.25, 0.3) is 0 Å². The number of benzene rings is 2. The molecule has 0 unspecified atom stereocenters. The number of fused-ring (bicyclic) bond motifs is 1. The van der Waals surface area contributed by atoms with Crippen molar-refractivity contribution in [1.29, 1.82) is 0 Å². The molecule has 30 heavy (non-hydrogen) atoms. The molecule has 1 aliphatic heterocycles. The van der Waals surface area contributed by atoms with Gasteiger partial charge in [-0.2, -0.15) is 13.2 Å². The van der Waals surface area contributed by atoms with Gasteiger partial charge in [-0.3, -0.25) is 4.79 Å². The lowest BCUT2D eigenvalue weighted by molar-refractivity contribution is -0.137. The zero-order valence-electron chi connectivity index (χ0n) is 16.1. The Morgan fingerprint density at radius 1 is 1.10 bits per heavy atom. The summed E-state index contributed by atoms with van der Waals surface area (Å²) in [4.78, 5) is 13.1. The molecule has 6 nitrogen and oxygen atoms in total. The predicted molar refractivity (Wildman–Crippen MR) is 108 cm³/mol. The van der Waals surface area contributed by atoms with E-state index in [1.165, 1.54) is 18.2 Å². The minimum Gasteiger partial charge on any atom is -0.324 e. The first kappa shape index (κ1) is 20.3. The van der Waals surface area contributed by atoms with E-state index in [4.69, 9.17) is 0 Å². The summed E-state index contributed by atoms with van der Waals surface area (Å²) in [5.74, 6) is 0.0672. The highest BCUT2D eigenvalue weighted by atomic mass is 32.2. The lowest BCUT2D eigenvalue weighted by Crippen LogP contribution is -2.41. The Bertz CT molecular complexity index is 1080. The van der Waals surface area contributed by atoms with Crippen molar-refractivity contribution in [3.05, 3.63) is 71.0 Å². The number of nitrogens with one attached hydrogen (secondary N) is 2. The number of nitrogens with zero attached hydrogens (tertiary/aromatic N) is 3. The van der Waals surface area contributed by atoms with Crippen molar-refractivity contribution in [3.63, 3.8) is 0 Å². The molecule has 2 N–H and O–H groups in total. The summed E-state index contributed by atoms with van der Waals surface area (Å²) in [5, 5.41) is 10.2. The fourth-order valence-electron chi connectivity index (χ4n) is 3.23. The number of aryl methyl sites for hydroxylation is 2. The van der Waals surface area contributed by atoms with Gasteiger partial charge in [-0.1, -0.05) is 53.7 Å². The Morgan fingerprint density at radius 2 is 1.80 bits per heavy atom. The standard InChI is InChI=1S/C20H18F3N5OS/c1-11-7-9-13(10-8-11)16-17(30-19-26-25-12(2)28(19)27-16)18(29)24-15-6-4-3-5-14(15)20(21,22)23/h3-10,16-17,27H,1-2H3,(H,24,29)/t16-,17+/m1/s1. The lowest BCUT2D eigenvalue weighted by Gasteiger charge is -2.33. The fourth-order valence-corrected chi connectivity index (χ4v) is 4.35. The zero-order chi connectivity index (χ0) is 21.5. The molecule has 2 aromatic carbocycles. The highest BCUT2D eigenvalue weighted by molar-refractivity contribution is 8.00. The molecule has 4 rings (SSSR count). The first-order chi connectivity index (χ1) is 14.2. The van der Waals surface area contributed by atoms with Gasteiger partial charge in [0.1, 0.15) is 11.1 Å². The average molecular weight is 433 g/mol. The van der Waals surface area contributed by atoms with Crippen molar-refractivity contribution < 1.29 is 18.0 Å². The first-order valence-electron chi connectivity index (χ1n) is 9.13. The number of alkyl halides is 3. The van der Waals surface area contributed by atoms with E-state index in [2.05, 4.69) is 20.9 Å². The molecule has 0 fully saturated rings. The number of carbonyl (C=O) groups is 1. The molecule has 1 aromatic heterocycles. The molecule has 1 aliphatic rings. The molecule has 2 heterocycles. The molecule has 3 aromatic rings. The minimum absolute atomic E-state index is 0.276. The molecule has 10 heteroatoms. The maximum absolute atomic E-state index is 13.3. The van der Waals surface area contributed by atoms with Crippen LogP contribution in [0.25, 0.3) is 0 Å². The topological polar surface area (TPSA) is 71.8 Å². The smallest absolute Gasteiger partial charge is 0.324 e. The molecule has 1 amide bonds. The second-order valence-corrected chi connectivity index (χ2v) is 8.06. The molecule has 0 saturated heterocycles. The summed E-state index contributed by atoms with van der Waals surface area (Å²) in [6.07, 6.45) is -4.57. The van der Waals surface area contributed by atoms with Gasteiger partial charge < -0.3 is 10.7 Å². The van der Waals surface area contributed by atoms with Crippen LogP contribution in [0.1, 0.15) is 28.6 Å². The van der Waals surface area contributed by atoms with Crippen LogP contribution in [0.3, 0.4) is 0 Å². The minimum atomic E-state index is -4.57. The summed E-state index contributed by atoms with van der Waals surface area (Å²) in [6.45, 7) is 3.73. The van der Waals surface area contributed by atoms with Crippen LogP contribution in [-0.4, -0.2) is 26.0 Å². The summed E-state index contributed by atoms with van der Waals surface area (Å²) in [6, 6.07) is 12.1. The van der Waals surface area contributed by atoms with Gasteiger partial charge >= 0.3 is 6.18 Å². The third kappa shape index (κ3) is 3.87. The monoisotopic (exact) mass is 433 g/mol. The highest BCUT2D eigenvalue weighted by Gasteiger charge is 2.39. The Hall–Kier alpha value is -3.01. The summed E-state index contributed by atoms with van der Waals surface area (Å²) < 4.78 is 41.7. The maximum atomic E-state index is 13.3. The number of aromatic nitrogens is 3.